The van der Waals surface area contributed by atoms with Gasteiger partial charge in [-0.3, -0.25) is 4.98 Å². The highest BCUT2D eigenvalue weighted by molar-refractivity contribution is 7.89. The summed E-state index contributed by atoms with van der Waals surface area (Å²) < 4.78 is 45.0. The van der Waals surface area contributed by atoms with E-state index in [4.69, 9.17) is 4.74 Å². The topological polar surface area (TPSA) is 59.5 Å². The van der Waals surface area contributed by atoms with Crippen molar-refractivity contribution in [3.8, 4) is 16.9 Å². The van der Waals surface area contributed by atoms with Crippen LogP contribution in [0.15, 0.2) is 60.8 Å². The minimum Gasteiger partial charge on any atom is -0.487 e. The number of sulfone groups is 1. The van der Waals surface area contributed by atoms with Gasteiger partial charge in [-0.2, -0.15) is 0 Å². The Bertz CT molecular complexity index is 1370. The van der Waals surface area contributed by atoms with E-state index >= 15 is 0 Å². The normalized spacial score (nSPS) is 17.7. The molecule has 1 saturated heterocycles. The molecule has 0 bridgehead atoms. The molecule has 0 N–H and O–H groups in total. The van der Waals surface area contributed by atoms with Crippen molar-refractivity contribution in [1.29, 1.82) is 0 Å². The summed E-state index contributed by atoms with van der Waals surface area (Å²) in [6.45, 7) is 10.2. The number of aromatic nitrogens is 1. The van der Waals surface area contributed by atoms with Crippen molar-refractivity contribution in [2.45, 2.75) is 63.6 Å². The second-order valence-electron chi connectivity index (χ2n) is 12.1. The number of rotatable bonds is 6. The molecule has 3 aromatic rings. The van der Waals surface area contributed by atoms with Gasteiger partial charge in [0.25, 0.3) is 0 Å². The van der Waals surface area contributed by atoms with Crippen molar-refractivity contribution in [3.63, 3.8) is 0 Å². The summed E-state index contributed by atoms with van der Waals surface area (Å²) in [5.74, 6) is 0.226. The third-order valence-electron chi connectivity index (χ3n) is 7.53. The molecule has 0 radical (unpaired) electrons. The van der Waals surface area contributed by atoms with Gasteiger partial charge < -0.3 is 9.64 Å². The molecule has 2 aromatic carbocycles. The van der Waals surface area contributed by atoms with Crippen LogP contribution in [0.1, 0.15) is 56.9 Å². The summed E-state index contributed by atoms with van der Waals surface area (Å²) in [6.07, 6.45) is 5.25. The number of benzene rings is 2. The van der Waals surface area contributed by atoms with Crippen LogP contribution in [-0.4, -0.2) is 43.5 Å². The number of hydrogen-bond donors (Lipinski definition) is 0. The highest BCUT2D eigenvalue weighted by Crippen LogP contribution is 2.41. The van der Waals surface area contributed by atoms with Crippen LogP contribution >= 0.6 is 0 Å². The van der Waals surface area contributed by atoms with Crippen molar-refractivity contribution in [2.24, 2.45) is 5.41 Å². The molecule has 38 heavy (non-hydrogen) atoms. The number of nitrogens with zero attached hydrogens (tertiary/aromatic N) is 2. The summed E-state index contributed by atoms with van der Waals surface area (Å²) in [6, 6.07) is 16.7. The summed E-state index contributed by atoms with van der Waals surface area (Å²) in [7, 11) is -3.42. The SMILES string of the molecule is CC(C)(C)CN1CCC2(CCc3cc(-c4ccc(CS(=O)(=O)Cc5ccc(F)cn5)cc4)ccc3O2)CC1. The molecular formula is C31H37FN2O3S. The molecular weight excluding hydrogens is 499 g/mol. The third-order valence-corrected chi connectivity index (χ3v) is 9.04. The average molecular weight is 537 g/mol. The molecule has 7 heteroatoms. The Hall–Kier alpha value is -2.77. The van der Waals surface area contributed by atoms with Crippen LogP contribution in [0.25, 0.3) is 11.1 Å². The number of ether oxygens (including phenoxy) is 1. The van der Waals surface area contributed by atoms with Gasteiger partial charge in [0.15, 0.2) is 9.84 Å². The molecule has 202 valence electrons. The van der Waals surface area contributed by atoms with Crippen molar-refractivity contribution >= 4 is 9.84 Å². The van der Waals surface area contributed by atoms with Gasteiger partial charge in [-0.1, -0.05) is 51.1 Å². The quantitative estimate of drug-likeness (QED) is 0.375. The molecule has 0 aliphatic carbocycles. The summed E-state index contributed by atoms with van der Waals surface area (Å²) in [5.41, 5.74) is 4.73. The van der Waals surface area contributed by atoms with Crippen molar-refractivity contribution in [1.82, 2.24) is 9.88 Å². The van der Waals surface area contributed by atoms with Gasteiger partial charge in [0.05, 0.1) is 23.4 Å². The van der Waals surface area contributed by atoms with E-state index in [9.17, 15) is 12.8 Å². The molecule has 5 nitrogen and oxygen atoms in total. The van der Waals surface area contributed by atoms with E-state index in [2.05, 4.69) is 48.9 Å². The fraction of sp³-hybridized carbons (Fsp3) is 0.452. The van der Waals surface area contributed by atoms with Crippen LogP contribution in [0.5, 0.6) is 5.75 Å². The van der Waals surface area contributed by atoms with Crippen LogP contribution in [-0.2, 0) is 27.8 Å². The van der Waals surface area contributed by atoms with E-state index < -0.39 is 15.7 Å². The molecule has 2 aliphatic heterocycles. The minimum absolute atomic E-state index is 0.0422. The highest BCUT2D eigenvalue weighted by atomic mass is 32.2. The first-order chi connectivity index (χ1) is 18.0. The third kappa shape index (κ3) is 6.62. The Morgan fingerprint density at radius 2 is 1.66 bits per heavy atom. The largest absolute Gasteiger partial charge is 0.487 e. The van der Waals surface area contributed by atoms with Gasteiger partial charge in [-0.25, -0.2) is 12.8 Å². The van der Waals surface area contributed by atoms with Crippen LogP contribution in [0.2, 0.25) is 0 Å². The van der Waals surface area contributed by atoms with Gasteiger partial charge in [0.1, 0.15) is 17.2 Å². The van der Waals surface area contributed by atoms with E-state index in [0.717, 1.165) is 74.0 Å². The van der Waals surface area contributed by atoms with E-state index in [1.54, 1.807) is 0 Å². The van der Waals surface area contributed by atoms with Gasteiger partial charge in [-0.05, 0) is 77.6 Å². The van der Waals surface area contributed by atoms with Gasteiger partial charge in [0, 0.05) is 19.6 Å². The lowest BCUT2D eigenvalue weighted by Crippen LogP contribution is -2.51. The van der Waals surface area contributed by atoms with Gasteiger partial charge >= 0.3 is 0 Å². The number of aryl methyl sites for hydroxylation is 1. The molecule has 1 aromatic heterocycles. The molecule has 3 heterocycles. The first-order valence-corrected chi connectivity index (χ1v) is 15.2. The molecule has 1 fully saturated rings. The van der Waals surface area contributed by atoms with Crippen LogP contribution < -0.4 is 4.74 Å². The number of likely N-dealkylation sites (tertiary alicyclic amines) is 1. The molecule has 1 spiro atoms. The zero-order chi connectivity index (χ0) is 27.0. The molecule has 0 atom stereocenters. The Morgan fingerprint density at radius 3 is 2.32 bits per heavy atom. The summed E-state index contributed by atoms with van der Waals surface area (Å²) >= 11 is 0. The zero-order valence-corrected chi connectivity index (χ0v) is 23.4. The van der Waals surface area contributed by atoms with Crippen LogP contribution in [0, 0.1) is 11.2 Å². The van der Waals surface area contributed by atoms with E-state index in [-0.39, 0.29) is 17.1 Å². The predicted octanol–water partition coefficient (Wildman–Crippen LogP) is 6.21. The van der Waals surface area contributed by atoms with Crippen LogP contribution in [0.3, 0.4) is 0 Å². The first kappa shape index (κ1) is 26.8. The lowest BCUT2D eigenvalue weighted by molar-refractivity contribution is -0.0206. The Morgan fingerprint density at radius 1 is 0.947 bits per heavy atom. The number of fused-ring (bicyclic) bond motifs is 1. The summed E-state index contributed by atoms with van der Waals surface area (Å²) in [4.78, 5) is 6.44. The standard InChI is InChI=1S/C31H37FN2O3S/c1-30(2,3)22-34-16-14-31(15-17-34)13-12-26-18-25(8-11-29(26)37-31)24-6-4-23(5-7-24)20-38(35,36)21-28-10-9-27(32)19-33-28/h4-11,18-19H,12-17,20-22H2,1-3H3. The van der Waals surface area contributed by atoms with E-state index in [1.165, 1.54) is 17.7 Å². The van der Waals surface area contributed by atoms with Gasteiger partial charge in [0.2, 0.25) is 0 Å². The fourth-order valence-electron chi connectivity index (χ4n) is 5.66. The lowest BCUT2D eigenvalue weighted by Gasteiger charge is -2.45. The maximum absolute atomic E-state index is 13.1. The van der Waals surface area contributed by atoms with Crippen LogP contribution in [0.4, 0.5) is 4.39 Å². The Balaban J connectivity index is 1.21. The van der Waals surface area contributed by atoms with Crippen molar-refractivity contribution in [3.05, 3.63) is 83.4 Å². The van der Waals surface area contributed by atoms with Crippen molar-refractivity contribution in [2.75, 3.05) is 19.6 Å². The highest BCUT2D eigenvalue weighted by Gasteiger charge is 2.40. The second kappa shape index (κ2) is 10.4. The average Bonchev–Trinajstić information content (AvgIpc) is 2.86. The monoisotopic (exact) mass is 536 g/mol. The first-order valence-electron chi connectivity index (χ1n) is 13.4. The van der Waals surface area contributed by atoms with Gasteiger partial charge in [-0.15, -0.1) is 0 Å². The summed E-state index contributed by atoms with van der Waals surface area (Å²) in [5, 5.41) is 0. The number of pyridine rings is 1. The zero-order valence-electron chi connectivity index (χ0n) is 22.5. The smallest absolute Gasteiger partial charge is 0.160 e. The predicted molar refractivity (Wildman–Crippen MR) is 149 cm³/mol. The second-order valence-corrected chi connectivity index (χ2v) is 14.2. The number of piperidine rings is 1. The Labute approximate surface area is 226 Å². The van der Waals surface area contributed by atoms with Crippen molar-refractivity contribution < 1.29 is 17.5 Å². The van der Waals surface area contributed by atoms with E-state index in [0.29, 0.717) is 11.1 Å². The molecule has 0 amide bonds. The molecule has 5 rings (SSSR count). The maximum Gasteiger partial charge on any atom is 0.160 e. The number of halogens is 1. The minimum atomic E-state index is -3.42. The fourth-order valence-corrected chi connectivity index (χ4v) is 7.08. The van der Waals surface area contributed by atoms with E-state index in [1.807, 2.05) is 24.3 Å². The molecule has 0 saturated carbocycles. The molecule has 0 unspecified atom stereocenters. The number of hydrogen-bond acceptors (Lipinski definition) is 5. The Kier molecular flexibility index (Phi) is 7.35. The maximum atomic E-state index is 13.1. The lowest BCUT2D eigenvalue weighted by atomic mass is 9.82. The molecule has 2 aliphatic rings.